The van der Waals surface area contributed by atoms with Gasteiger partial charge in [-0.2, -0.15) is 5.10 Å². The Labute approximate surface area is 106 Å². The van der Waals surface area contributed by atoms with E-state index in [-0.39, 0.29) is 0 Å². The zero-order valence-electron chi connectivity index (χ0n) is 10.5. The third kappa shape index (κ3) is 1.56. The maximum atomic E-state index is 6.00. The molecule has 0 saturated heterocycles. The molecule has 0 fully saturated rings. The summed E-state index contributed by atoms with van der Waals surface area (Å²) in [4.78, 5) is 0. The van der Waals surface area contributed by atoms with E-state index in [1.54, 1.807) is 0 Å². The average Bonchev–Trinajstić information content (AvgIpc) is 2.81. The zero-order chi connectivity index (χ0) is 12.7. The number of H-pyrrole nitrogens is 1. The number of nitrogens with two attached hydrogens (primary N) is 1. The van der Waals surface area contributed by atoms with Gasteiger partial charge in [0.15, 0.2) is 0 Å². The van der Waals surface area contributed by atoms with Crippen molar-refractivity contribution < 1.29 is 0 Å². The highest BCUT2D eigenvalue weighted by atomic mass is 15.1. The Hall–Kier alpha value is -2.29. The summed E-state index contributed by atoms with van der Waals surface area (Å²) in [6, 6.07) is 10.4. The van der Waals surface area contributed by atoms with E-state index in [1.165, 1.54) is 11.1 Å². The molecule has 0 saturated carbocycles. The van der Waals surface area contributed by atoms with Gasteiger partial charge in [-0.3, -0.25) is 5.10 Å². The number of aromatic amines is 1. The lowest BCUT2D eigenvalue weighted by Crippen LogP contribution is -1.91. The number of aryl methyl sites for hydroxylation is 2. The monoisotopic (exact) mass is 237 g/mol. The quantitative estimate of drug-likeness (QED) is 0.637. The van der Waals surface area contributed by atoms with E-state index in [2.05, 4.69) is 41.4 Å². The fraction of sp³-hybridized carbons (Fsp3) is 0.133. The van der Waals surface area contributed by atoms with Gasteiger partial charge in [0, 0.05) is 11.1 Å². The molecule has 0 atom stereocenters. The Morgan fingerprint density at radius 3 is 2.61 bits per heavy atom. The van der Waals surface area contributed by atoms with E-state index in [9.17, 15) is 0 Å². The van der Waals surface area contributed by atoms with Crippen molar-refractivity contribution in [2.45, 2.75) is 13.8 Å². The maximum absolute atomic E-state index is 6.00. The largest absolute Gasteiger partial charge is 0.398 e. The van der Waals surface area contributed by atoms with Crippen LogP contribution >= 0.6 is 0 Å². The van der Waals surface area contributed by atoms with Crippen LogP contribution in [-0.4, -0.2) is 10.2 Å². The van der Waals surface area contributed by atoms with Gasteiger partial charge < -0.3 is 5.73 Å². The van der Waals surface area contributed by atoms with Gasteiger partial charge in [-0.25, -0.2) is 0 Å². The van der Waals surface area contributed by atoms with Crippen LogP contribution in [-0.2, 0) is 0 Å². The Morgan fingerprint density at radius 2 is 1.83 bits per heavy atom. The maximum Gasteiger partial charge on any atom is 0.0656 e. The molecular weight excluding hydrogens is 222 g/mol. The van der Waals surface area contributed by atoms with E-state index in [0.29, 0.717) is 0 Å². The second kappa shape index (κ2) is 3.88. The van der Waals surface area contributed by atoms with Gasteiger partial charge in [0.25, 0.3) is 0 Å². The van der Waals surface area contributed by atoms with Crippen LogP contribution in [0.5, 0.6) is 0 Å². The number of aromatic nitrogens is 2. The molecule has 3 nitrogen and oxygen atoms in total. The molecule has 18 heavy (non-hydrogen) atoms. The van der Waals surface area contributed by atoms with Crippen LogP contribution in [0.2, 0.25) is 0 Å². The van der Waals surface area contributed by atoms with Gasteiger partial charge in [-0.15, -0.1) is 0 Å². The average molecular weight is 237 g/mol. The van der Waals surface area contributed by atoms with Gasteiger partial charge in [0.05, 0.1) is 11.7 Å². The zero-order valence-corrected chi connectivity index (χ0v) is 10.5. The summed E-state index contributed by atoms with van der Waals surface area (Å²) < 4.78 is 0. The Bertz CT molecular complexity index is 726. The second-order valence-corrected chi connectivity index (χ2v) is 4.66. The highest BCUT2D eigenvalue weighted by molar-refractivity contribution is 5.96. The van der Waals surface area contributed by atoms with Gasteiger partial charge in [0.1, 0.15) is 0 Å². The van der Waals surface area contributed by atoms with Gasteiger partial charge >= 0.3 is 0 Å². The van der Waals surface area contributed by atoms with Crippen LogP contribution in [0.15, 0.2) is 36.5 Å². The fourth-order valence-electron chi connectivity index (χ4n) is 2.31. The summed E-state index contributed by atoms with van der Waals surface area (Å²) in [7, 11) is 0. The Balaban J connectivity index is 2.33. The predicted octanol–water partition coefficient (Wildman–Crippen LogP) is 3.43. The lowest BCUT2D eigenvalue weighted by Gasteiger charge is -2.09. The van der Waals surface area contributed by atoms with Crippen molar-refractivity contribution in [1.29, 1.82) is 0 Å². The highest BCUT2D eigenvalue weighted by Gasteiger charge is 2.09. The van der Waals surface area contributed by atoms with Crippen LogP contribution in [0, 0.1) is 13.8 Å². The number of benzene rings is 2. The van der Waals surface area contributed by atoms with Gasteiger partial charge in [-0.1, -0.05) is 18.2 Å². The smallest absolute Gasteiger partial charge is 0.0656 e. The van der Waals surface area contributed by atoms with Crippen molar-refractivity contribution in [2.75, 3.05) is 5.73 Å². The van der Waals surface area contributed by atoms with E-state index < -0.39 is 0 Å². The van der Waals surface area contributed by atoms with Gasteiger partial charge in [0.2, 0.25) is 0 Å². The molecule has 0 aliphatic heterocycles. The molecule has 0 spiro atoms. The Kier molecular flexibility index (Phi) is 2.33. The molecule has 3 N–H and O–H groups in total. The van der Waals surface area contributed by atoms with Crippen LogP contribution < -0.4 is 5.73 Å². The minimum Gasteiger partial charge on any atom is -0.398 e. The first kappa shape index (κ1) is 10.8. The normalized spacial score (nSPS) is 11.0. The third-order valence-electron chi connectivity index (χ3n) is 3.40. The van der Waals surface area contributed by atoms with Crippen LogP contribution in [0.1, 0.15) is 11.1 Å². The minimum absolute atomic E-state index is 0.826. The number of fused-ring (bicyclic) bond motifs is 1. The standard InChI is InChI=1S/C15H15N3/c1-9-3-5-11(7-13(9)16)15-10(2)4-6-14-12(15)8-17-18-14/h3-8H,16H2,1-2H3,(H,17,18). The summed E-state index contributed by atoms with van der Waals surface area (Å²) >= 11 is 0. The van der Waals surface area contributed by atoms with Crippen LogP contribution in [0.4, 0.5) is 5.69 Å². The molecule has 1 aromatic heterocycles. The lowest BCUT2D eigenvalue weighted by molar-refractivity contribution is 1.12. The molecule has 1 heterocycles. The highest BCUT2D eigenvalue weighted by Crippen LogP contribution is 2.32. The van der Waals surface area contributed by atoms with Crippen molar-refractivity contribution in [3.05, 3.63) is 47.7 Å². The third-order valence-corrected chi connectivity index (χ3v) is 3.40. The number of nitrogen functional groups attached to an aromatic ring is 1. The van der Waals surface area contributed by atoms with Crippen molar-refractivity contribution in [3.8, 4) is 11.1 Å². The summed E-state index contributed by atoms with van der Waals surface area (Å²) in [5.41, 5.74) is 12.6. The molecule has 0 aliphatic rings. The second-order valence-electron chi connectivity index (χ2n) is 4.66. The lowest BCUT2D eigenvalue weighted by atomic mass is 9.96. The van der Waals surface area contributed by atoms with Crippen LogP contribution in [0.3, 0.4) is 0 Å². The van der Waals surface area contributed by atoms with Crippen molar-refractivity contribution in [3.63, 3.8) is 0 Å². The molecular formula is C15H15N3. The number of anilines is 1. The van der Waals surface area contributed by atoms with E-state index in [1.807, 2.05) is 19.2 Å². The summed E-state index contributed by atoms with van der Waals surface area (Å²) in [5.74, 6) is 0. The van der Waals surface area contributed by atoms with Crippen molar-refractivity contribution in [1.82, 2.24) is 10.2 Å². The molecule has 0 radical (unpaired) electrons. The topological polar surface area (TPSA) is 54.7 Å². The molecule has 90 valence electrons. The van der Waals surface area contributed by atoms with Gasteiger partial charge in [-0.05, 0) is 48.2 Å². The minimum atomic E-state index is 0.826. The summed E-state index contributed by atoms with van der Waals surface area (Å²) in [5, 5.41) is 8.25. The van der Waals surface area contributed by atoms with E-state index in [0.717, 1.165) is 27.7 Å². The van der Waals surface area contributed by atoms with Crippen molar-refractivity contribution in [2.24, 2.45) is 0 Å². The molecule has 0 amide bonds. The predicted molar refractivity (Wildman–Crippen MR) is 75.4 cm³/mol. The first-order chi connectivity index (χ1) is 8.66. The SMILES string of the molecule is Cc1ccc(-c2c(C)ccc3[nH]ncc23)cc1N. The number of nitrogens with zero attached hydrogens (tertiary/aromatic N) is 1. The number of hydrogen-bond acceptors (Lipinski definition) is 2. The van der Waals surface area contributed by atoms with Crippen molar-refractivity contribution >= 4 is 16.6 Å². The number of nitrogens with one attached hydrogen (secondary N) is 1. The molecule has 0 bridgehead atoms. The Morgan fingerprint density at radius 1 is 1.06 bits per heavy atom. The summed E-state index contributed by atoms with van der Waals surface area (Å²) in [6.45, 7) is 4.13. The first-order valence-electron chi connectivity index (χ1n) is 5.96. The number of hydrogen-bond donors (Lipinski definition) is 2. The summed E-state index contributed by atoms with van der Waals surface area (Å²) in [6.07, 6.45) is 1.87. The molecule has 0 aliphatic carbocycles. The molecule has 0 unspecified atom stereocenters. The molecule has 3 heteroatoms. The fourth-order valence-corrected chi connectivity index (χ4v) is 2.31. The molecule has 3 rings (SSSR count). The number of rotatable bonds is 1. The molecule has 3 aromatic rings. The van der Waals surface area contributed by atoms with Crippen LogP contribution in [0.25, 0.3) is 22.0 Å². The van der Waals surface area contributed by atoms with E-state index >= 15 is 0 Å². The molecule has 2 aromatic carbocycles. The van der Waals surface area contributed by atoms with E-state index in [4.69, 9.17) is 5.73 Å². The first-order valence-corrected chi connectivity index (χ1v) is 5.96.